The average Bonchev–Trinajstić information content (AvgIpc) is 2.94. The van der Waals surface area contributed by atoms with Crippen molar-refractivity contribution < 1.29 is 24.0 Å². The van der Waals surface area contributed by atoms with Gasteiger partial charge < -0.3 is 15.3 Å². The van der Waals surface area contributed by atoms with E-state index in [-0.39, 0.29) is 18.3 Å². The number of nitrogens with zero attached hydrogens (tertiary/aromatic N) is 1. The van der Waals surface area contributed by atoms with E-state index in [1.54, 1.807) is 0 Å². The Hall–Kier alpha value is -1.60. The van der Waals surface area contributed by atoms with Crippen LogP contribution in [0.1, 0.15) is 6.92 Å². The van der Waals surface area contributed by atoms with E-state index in [1.165, 1.54) is 6.92 Å². The molecule has 1 saturated heterocycles. The zero-order valence-electron chi connectivity index (χ0n) is 8.26. The van der Waals surface area contributed by atoms with Gasteiger partial charge in [0.25, 0.3) is 0 Å². The van der Waals surface area contributed by atoms with E-state index in [9.17, 15) is 9.59 Å². The van der Waals surface area contributed by atoms with Gasteiger partial charge in [0, 0.05) is 5.57 Å². The minimum atomic E-state index is -1.02. The summed E-state index contributed by atoms with van der Waals surface area (Å²) in [6, 6.07) is -1.02. The van der Waals surface area contributed by atoms with E-state index >= 15 is 0 Å². The van der Waals surface area contributed by atoms with Gasteiger partial charge in [-0.3, -0.25) is 0 Å². The molecule has 7 heteroatoms. The molecule has 0 radical (unpaired) electrons. The van der Waals surface area contributed by atoms with E-state index in [0.29, 0.717) is 11.8 Å². The number of primary amides is 1. The number of amides is 2. The number of ether oxygens (including phenoxy) is 1. The molecular formula is C8H12N2O5. The van der Waals surface area contributed by atoms with Gasteiger partial charge in [0.2, 0.25) is 0 Å². The fraction of sp³-hybridized carbons (Fsp3) is 0.500. The molecule has 1 aliphatic rings. The molecule has 0 aliphatic carbocycles. The number of hydroxylamine groups is 2. The highest BCUT2D eigenvalue weighted by molar-refractivity contribution is 5.87. The quantitative estimate of drug-likeness (QED) is 0.396. The monoisotopic (exact) mass is 216 g/mol. The summed E-state index contributed by atoms with van der Waals surface area (Å²) in [7, 11) is 0. The van der Waals surface area contributed by atoms with Gasteiger partial charge in [-0.25, -0.2) is 14.4 Å². The molecule has 84 valence electrons. The van der Waals surface area contributed by atoms with Crippen LogP contribution in [-0.2, 0) is 19.2 Å². The van der Waals surface area contributed by atoms with E-state index < -0.39 is 12.0 Å². The second kappa shape index (κ2) is 4.76. The molecule has 1 fully saturated rings. The van der Waals surface area contributed by atoms with Crippen LogP contribution in [-0.4, -0.2) is 36.5 Å². The Kier molecular flexibility index (Phi) is 3.64. The van der Waals surface area contributed by atoms with E-state index in [4.69, 9.17) is 15.3 Å². The lowest BCUT2D eigenvalue weighted by molar-refractivity contribution is -0.304. The van der Waals surface area contributed by atoms with Crippen LogP contribution < -0.4 is 5.73 Å². The number of hydrogen-bond acceptors (Lipinski definition) is 5. The molecule has 0 spiro atoms. The zero-order valence-corrected chi connectivity index (χ0v) is 8.26. The highest BCUT2D eigenvalue weighted by Crippen LogP contribution is 2.10. The Bertz CT molecular complexity index is 287. The number of rotatable bonds is 4. The summed E-state index contributed by atoms with van der Waals surface area (Å²) in [6.45, 7) is 5.44. The molecule has 0 bridgehead atoms. The van der Waals surface area contributed by atoms with E-state index in [1.807, 2.05) is 0 Å². The zero-order chi connectivity index (χ0) is 11.4. The predicted octanol–water partition coefficient (Wildman–Crippen LogP) is -0.268. The summed E-state index contributed by atoms with van der Waals surface area (Å²) in [5.74, 6) is -0.787. The van der Waals surface area contributed by atoms with Crippen LogP contribution in [0.15, 0.2) is 12.2 Å². The van der Waals surface area contributed by atoms with Gasteiger partial charge >= 0.3 is 12.0 Å². The van der Waals surface area contributed by atoms with Gasteiger partial charge in [-0.2, -0.15) is 0 Å². The lowest BCUT2D eigenvalue weighted by atomic mass is 10.4. The first-order valence-electron chi connectivity index (χ1n) is 4.22. The minimum absolute atomic E-state index is 0.0737. The van der Waals surface area contributed by atoms with Gasteiger partial charge in [-0.1, -0.05) is 6.58 Å². The third kappa shape index (κ3) is 3.96. The van der Waals surface area contributed by atoms with Crippen LogP contribution in [0.3, 0.4) is 0 Å². The Balaban J connectivity index is 2.38. The molecule has 15 heavy (non-hydrogen) atoms. The van der Waals surface area contributed by atoms with Crippen LogP contribution in [0.4, 0.5) is 4.79 Å². The smallest absolute Gasteiger partial charge is 0.371 e. The molecule has 2 amide bonds. The number of epoxide rings is 1. The molecule has 1 atom stereocenters. The van der Waals surface area contributed by atoms with Gasteiger partial charge in [-0.05, 0) is 12.2 Å². The van der Waals surface area contributed by atoms with Crippen molar-refractivity contribution in [3.05, 3.63) is 12.2 Å². The highest BCUT2D eigenvalue weighted by atomic mass is 17.0. The first-order valence-corrected chi connectivity index (χ1v) is 4.22. The third-order valence-corrected chi connectivity index (χ3v) is 1.47. The number of carbonyl (C=O) groups is 2. The van der Waals surface area contributed by atoms with Crippen LogP contribution >= 0.6 is 0 Å². The summed E-state index contributed by atoms with van der Waals surface area (Å²) >= 11 is 0. The van der Waals surface area contributed by atoms with Crippen LogP contribution in [0.2, 0.25) is 0 Å². The Morgan fingerprint density at radius 2 is 2.27 bits per heavy atom. The van der Waals surface area contributed by atoms with Crippen molar-refractivity contribution in [3.8, 4) is 0 Å². The average molecular weight is 216 g/mol. The van der Waals surface area contributed by atoms with Crippen molar-refractivity contribution in [2.24, 2.45) is 5.73 Å². The maximum atomic E-state index is 11.0. The van der Waals surface area contributed by atoms with Crippen LogP contribution in [0.25, 0.3) is 0 Å². The van der Waals surface area contributed by atoms with Crippen molar-refractivity contribution in [1.82, 2.24) is 5.23 Å². The van der Waals surface area contributed by atoms with Crippen LogP contribution in [0.5, 0.6) is 0 Å². The molecule has 1 heterocycles. The number of nitrogens with two attached hydrogens (primary N) is 1. The number of urea groups is 1. The first-order chi connectivity index (χ1) is 7.00. The fourth-order valence-corrected chi connectivity index (χ4v) is 0.603. The van der Waals surface area contributed by atoms with E-state index in [0.717, 1.165) is 0 Å². The largest absolute Gasteiger partial charge is 0.374 e. The lowest BCUT2D eigenvalue weighted by Crippen LogP contribution is -2.38. The molecule has 0 aromatic rings. The molecule has 0 aromatic carbocycles. The van der Waals surface area contributed by atoms with Crippen molar-refractivity contribution >= 4 is 12.0 Å². The SMILES string of the molecule is C=C(C)C(=O)ON(OCC1CO1)C(N)=O. The molecule has 0 aromatic heterocycles. The van der Waals surface area contributed by atoms with Crippen molar-refractivity contribution in [3.63, 3.8) is 0 Å². The summed E-state index contributed by atoms with van der Waals surface area (Å²) in [4.78, 5) is 31.1. The van der Waals surface area contributed by atoms with Crippen LogP contribution in [0, 0.1) is 0 Å². The highest BCUT2D eigenvalue weighted by Gasteiger charge is 2.26. The predicted molar refractivity (Wildman–Crippen MR) is 48.0 cm³/mol. The number of hydrogen-bond donors (Lipinski definition) is 1. The topological polar surface area (TPSA) is 94.4 Å². The van der Waals surface area contributed by atoms with Crippen molar-refractivity contribution in [2.45, 2.75) is 13.0 Å². The molecule has 1 rings (SSSR count). The molecule has 7 nitrogen and oxygen atoms in total. The lowest BCUT2D eigenvalue weighted by Gasteiger charge is -2.16. The Morgan fingerprint density at radius 3 is 2.67 bits per heavy atom. The van der Waals surface area contributed by atoms with Crippen molar-refractivity contribution in [1.29, 1.82) is 0 Å². The van der Waals surface area contributed by atoms with Gasteiger partial charge in [0.15, 0.2) is 0 Å². The molecule has 2 N–H and O–H groups in total. The van der Waals surface area contributed by atoms with Gasteiger partial charge in [-0.15, -0.1) is 0 Å². The summed E-state index contributed by atoms with van der Waals surface area (Å²) < 4.78 is 4.83. The summed E-state index contributed by atoms with van der Waals surface area (Å²) in [6.07, 6.45) is -0.0737. The standard InChI is InChI=1S/C8H12N2O5/c1-5(2)7(11)15-10(8(9)12)14-4-6-3-13-6/h6H,1,3-4H2,2H3,(H2,9,12). The minimum Gasteiger partial charge on any atom is -0.371 e. The molecule has 0 saturated carbocycles. The molecule has 1 aliphatic heterocycles. The second-order valence-electron chi connectivity index (χ2n) is 3.01. The third-order valence-electron chi connectivity index (χ3n) is 1.47. The summed E-state index contributed by atoms with van der Waals surface area (Å²) in [5, 5.41) is 0.318. The second-order valence-corrected chi connectivity index (χ2v) is 3.01. The Morgan fingerprint density at radius 1 is 1.67 bits per heavy atom. The maximum Gasteiger partial charge on any atom is 0.374 e. The van der Waals surface area contributed by atoms with Crippen molar-refractivity contribution in [2.75, 3.05) is 13.2 Å². The maximum absolute atomic E-state index is 11.0. The Labute approximate surface area is 86.3 Å². The van der Waals surface area contributed by atoms with Gasteiger partial charge in [0.05, 0.1) is 6.61 Å². The summed E-state index contributed by atoms with van der Waals surface area (Å²) in [5.41, 5.74) is 5.04. The normalized spacial score (nSPS) is 18.1. The molecular weight excluding hydrogens is 204 g/mol. The molecule has 1 unspecified atom stereocenters. The van der Waals surface area contributed by atoms with Gasteiger partial charge in [0.1, 0.15) is 12.7 Å². The fourth-order valence-electron chi connectivity index (χ4n) is 0.603. The van der Waals surface area contributed by atoms with E-state index in [2.05, 4.69) is 11.4 Å². The first kappa shape index (κ1) is 11.5. The number of carbonyl (C=O) groups excluding carboxylic acids is 2.